The maximum absolute atomic E-state index is 12.8. The van der Waals surface area contributed by atoms with Crippen molar-refractivity contribution in [2.24, 2.45) is 0 Å². The quantitative estimate of drug-likeness (QED) is 0.833. The molecular weight excluding hydrogens is 265 g/mol. The lowest BCUT2D eigenvalue weighted by molar-refractivity contribution is -0.136. The van der Waals surface area contributed by atoms with E-state index in [-0.39, 0.29) is 23.2 Å². The van der Waals surface area contributed by atoms with Crippen LogP contribution in [0.4, 0.5) is 24.5 Å². The molecule has 0 saturated carbocycles. The Morgan fingerprint density at radius 3 is 2.56 bits per heavy atom. The Balaban J connectivity index is 2.98. The maximum atomic E-state index is 12.8. The number of halogens is 3. The van der Waals surface area contributed by atoms with Crippen LogP contribution in [0.1, 0.15) is 12.5 Å². The summed E-state index contributed by atoms with van der Waals surface area (Å²) < 4.78 is 49.4. The van der Waals surface area contributed by atoms with Crippen LogP contribution < -0.4 is 11.1 Å². The summed E-state index contributed by atoms with van der Waals surface area (Å²) in [6.45, 7) is 1.68. The number of benzene rings is 1. The predicted octanol–water partition coefficient (Wildman–Crippen LogP) is 2.47. The molecule has 1 rings (SSSR count). The van der Waals surface area contributed by atoms with Crippen molar-refractivity contribution in [2.75, 3.05) is 23.1 Å². The lowest BCUT2D eigenvalue weighted by Gasteiger charge is -2.19. The Bertz CT molecular complexity index is 448. The first-order valence-electron chi connectivity index (χ1n) is 5.23. The van der Waals surface area contributed by atoms with Gasteiger partial charge in [0.25, 0.3) is 0 Å². The van der Waals surface area contributed by atoms with E-state index in [1.165, 1.54) is 18.4 Å². The lowest BCUT2D eigenvalue weighted by atomic mass is 10.1. The van der Waals surface area contributed by atoms with Crippen molar-refractivity contribution in [1.29, 1.82) is 0 Å². The largest absolute Gasteiger partial charge is 0.418 e. The molecule has 0 aliphatic carbocycles. The summed E-state index contributed by atoms with van der Waals surface area (Å²) in [6.07, 6.45) is -2.96. The van der Waals surface area contributed by atoms with Gasteiger partial charge in [0.1, 0.15) is 0 Å². The Kier molecular flexibility index (Phi) is 4.61. The summed E-state index contributed by atoms with van der Waals surface area (Å²) in [7, 11) is -1.07. The Morgan fingerprint density at radius 1 is 1.44 bits per heavy atom. The summed E-state index contributed by atoms with van der Waals surface area (Å²) in [4.78, 5) is 0. The van der Waals surface area contributed by atoms with E-state index in [0.29, 0.717) is 0 Å². The minimum Gasteiger partial charge on any atom is -0.399 e. The van der Waals surface area contributed by atoms with Gasteiger partial charge in [-0.3, -0.25) is 4.21 Å². The van der Waals surface area contributed by atoms with Crippen LogP contribution in [0.5, 0.6) is 0 Å². The van der Waals surface area contributed by atoms with Crippen LogP contribution in [-0.2, 0) is 17.0 Å². The minimum atomic E-state index is -4.47. The number of nitrogens with one attached hydrogen (secondary N) is 1. The molecule has 102 valence electrons. The SMILES string of the molecule is CC(CS(C)=O)Nc1ccc(N)cc1C(F)(F)F. The van der Waals surface area contributed by atoms with Crippen LogP contribution in [0.25, 0.3) is 0 Å². The van der Waals surface area contributed by atoms with E-state index in [1.54, 1.807) is 6.92 Å². The van der Waals surface area contributed by atoms with E-state index in [2.05, 4.69) is 5.32 Å². The van der Waals surface area contributed by atoms with Crippen molar-refractivity contribution in [3.05, 3.63) is 23.8 Å². The van der Waals surface area contributed by atoms with E-state index < -0.39 is 22.5 Å². The fourth-order valence-corrected chi connectivity index (χ4v) is 2.37. The van der Waals surface area contributed by atoms with Crippen LogP contribution >= 0.6 is 0 Å². The normalized spacial score (nSPS) is 15.2. The van der Waals surface area contributed by atoms with E-state index >= 15 is 0 Å². The van der Waals surface area contributed by atoms with Crippen molar-refractivity contribution in [3.63, 3.8) is 0 Å². The van der Waals surface area contributed by atoms with Crippen LogP contribution in [0.3, 0.4) is 0 Å². The third-order valence-corrected chi connectivity index (χ3v) is 3.21. The fraction of sp³-hybridized carbons (Fsp3) is 0.455. The second kappa shape index (κ2) is 5.60. The molecule has 1 aromatic rings. The molecular formula is C11H15F3N2OS. The second-order valence-electron chi connectivity index (χ2n) is 4.09. The van der Waals surface area contributed by atoms with E-state index in [0.717, 1.165) is 6.07 Å². The second-order valence-corrected chi connectivity index (χ2v) is 5.57. The fourth-order valence-electron chi connectivity index (χ4n) is 1.58. The Morgan fingerprint density at radius 2 is 2.06 bits per heavy atom. The van der Waals surface area contributed by atoms with Crippen molar-refractivity contribution >= 4 is 22.2 Å². The monoisotopic (exact) mass is 280 g/mol. The minimum absolute atomic E-state index is 0.0466. The van der Waals surface area contributed by atoms with Crippen LogP contribution in [-0.4, -0.2) is 22.3 Å². The molecule has 2 atom stereocenters. The number of nitrogen functional groups attached to an aromatic ring is 1. The zero-order valence-electron chi connectivity index (χ0n) is 10.0. The third-order valence-electron chi connectivity index (χ3n) is 2.24. The van der Waals surface area contributed by atoms with Gasteiger partial charge >= 0.3 is 6.18 Å². The summed E-state index contributed by atoms with van der Waals surface area (Å²) >= 11 is 0. The summed E-state index contributed by atoms with van der Waals surface area (Å²) in [5.41, 5.74) is 4.56. The zero-order chi connectivity index (χ0) is 13.9. The molecule has 0 fully saturated rings. The topological polar surface area (TPSA) is 55.1 Å². The standard InChI is InChI=1S/C11H15F3N2OS/c1-7(6-18(2)17)16-10-4-3-8(15)5-9(10)11(12,13)14/h3-5,7,16H,6,15H2,1-2H3. The first kappa shape index (κ1) is 14.8. The highest BCUT2D eigenvalue weighted by atomic mass is 32.2. The highest BCUT2D eigenvalue weighted by Crippen LogP contribution is 2.36. The van der Waals surface area contributed by atoms with Gasteiger partial charge in [-0.25, -0.2) is 0 Å². The van der Waals surface area contributed by atoms with E-state index in [1.807, 2.05) is 0 Å². The van der Waals surface area contributed by atoms with Gasteiger partial charge < -0.3 is 11.1 Å². The van der Waals surface area contributed by atoms with Crippen LogP contribution in [0.15, 0.2) is 18.2 Å². The highest BCUT2D eigenvalue weighted by Gasteiger charge is 2.34. The molecule has 0 aromatic heterocycles. The van der Waals surface area contributed by atoms with Gasteiger partial charge in [-0.15, -0.1) is 0 Å². The lowest BCUT2D eigenvalue weighted by Crippen LogP contribution is -2.24. The molecule has 0 amide bonds. The summed E-state index contributed by atoms with van der Waals surface area (Å²) in [6, 6.07) is 3.25. The maximum Gasteiger partial charge on any atom is 0.418 e. The van der Waals surface area contributed by atoms with Crippen molar-refractivity contribution in [3.8, 4) is 0 Å². The number of anilines is 2. The number of rotatable bonds is 4. The molecule has 3 N–H and O–H groups in total. The molecule has 3 nitrogen and oxygen atoms in total. The molecule has 7 heteroatoms. The van der Waals surface area contributed by atoms with Gasteiger partial charge in [-0.2, -0.15) is 13.2 Å². The molecule has 0 aliphatic rings. The van der Waals surface area contributed by atoms with Gasteiger partial charge in [0, 0.05) is 40.2 Å². The average molecular weight is 280 g/mol. The molecule has 0 saturated heterocycles. The van der Waals surface area contributed by atoms with Gasteiger partial charge in [0.2, 0.25) is 0 Å². The number of hydrogen-bond acceptors (Lipinski definition) is 3. The van der Waals surface area contributed by atoms with Crippen LogP contribution in [0, 0.1) is 0 Å². The highest BCUT2D eigenvalue weighted by molar-refractivity contribution is 7.84. The zero-order valence-corrected chi connectivity index (χ0v) is 10.9. The first-order chi connectivity index (χ1) is 8.20. The molecule has 0 radical (unpaired) electrons. The Hall–Kier alpha value is -1.24. The first-order valence-corrected chi connectivity index (χ1v) is 6.96. The van der Waals surface area contributed by atoms with Gasteiger partial charge in [-0.05, 0) is 25.1 Å². The number of nitrogens with two attached hydrogens (primary N) is 1. The third kappa shape index (κ3) is 4.21. The average Bonchev–Trinajstić information content (AvgIpc) is 2.17. The van der Waals surface area contributed by atoms with Gasteiger partial charge in [-0.1, -0.05) is 0 Å². The smallest absolute Gasteiger partial charge is 0.399 e. The van der Waals surface area contributed by atoms with Crippen molar-refractivity contribution in [2.45, 2.75) is 19.1 Å². The van der Waals surface area contributed by atoms with E-state index in [4.69, 9.17) is 5.73 Å². The predicted molar refractivity (Wildman–Crippen MR) is 67.9 cm³/mol. The molecule has 2 unspecified atom stereocenters. The number of hydrogen-bond donors (Lipinski definition) is 2. The van der Waals surface area contributed by atoms with Crippen molar-refractivity contribution < 1.29 is 17.4 Å². The molecule has 0 spiro atoms. The van der Waals surface area contributed by atoms with Crippen LogP contribution in [0.2, 0.25) is 0 Å². The molecule has 0 bridgehead atoms. The number of alkyl halides is 3. The van der Waals surface area contributed by atoms with Crippen molar-refractivity contribution in [1.82, 2.24) is 0 Å². The Labute approximate surface area is 106 Å². The van der Waals surface area contributed by atoms with E-state index in [9.17, 15) is 17.4 Å². The summed E-state index contributed by atoms with van der Waals surface area (Å²) in [5, 5.41) is 2.71. The van der Waals surface area contributed by atoms with Gasteiger partial charge in [0.15, 0.2) is 0 Å². The molecule has 0 aliphatic heterocycles. The van der Waals surface area contributed by atoms with Gasteiger partial charge in [0.05, 0.1) is 5.56 Å². The molecule has 0 heterocycles. The molecule has 18 heavy (non-hydrogen) atoms. The summed E-state index contributed by atoms with van der Waals surface area (Å²) in [5.74, 6) is 0.279. The molecule has 1 aromatic carbocycles.